The van der Waals surface area contributed by atoms with Gasteiger partial charge in [0.05, 0.1) is 10.9 Å². The molecular formula is C26H25N3O3S. The Hall–Kier alpha value is -3.71. The predicted molar refractivity (Wildman–Crippen MR) is 134 cm³/mol. The van der Waals surface area contributed by atoms with Crippen LogP contribution in [0.1, 0.15) is 36.5 Å². The van der Waals surface area contributed by atoms with Crippen molar-refractivity contribution in [3.05, 3.63) is 93.5 Å². The summed E-state index contributed by atoms with van der Waals surface area (Å²) in [5.74, 6) is 1.14. The SMILES string of the molecule is CCCCCn1c(=S)[nH]c2cc(C(=O)Nc3ccc(Oc4ccccc4)cc3)ccc2c1=O. The Morgan fingerprint density at radius 3 is 2.45 bits per heavy atom. The summed E-state index contributed by atoms with van der Waals surface area (Å²) >= 11 is 5.38. The molecule has 168 valence electrons. The normalized spacial score (nSPS) is 10.8. The van der Waals surface area contributed by atoms with Gasteiger partial charge < -0.3 is 15.0 Å². The number of fused-ring (bicyclic) bond motifs is 1. The average molecular weight is 460 g/mol. The second-order valence-electron chi connectivity index (χ2n) is 7.75. The summed E-state index contributed by atoms with van der Waals surface area (Å²) < 4.78 is 7.74. The number of benzene rings is 3. The van der Waals surface area contributed by atoms with Gasteiger partial charge in [0.2, 0.25) is 0 Å². The van der Waals surface area contributed by atoms with E-state index in [2.05, 4.69) is 17.2 Å². The molecule has 0 aliphatic heterocycles. The van der Waals surface area contributed by atoms with Gasteiger partial charge in [-0.2, -0.15) is 0 Å². The molecule has 4 rings (SSSR count). The number of nitrogens with one attached hydrogen (secondary N) is 2. The Kier molecular flexibility index (Phi) is 7.00. The molecule has 0 fully saturated rings. The summed E-state index contributed by atoms with van der Waals surface area (Å²) in [6, 6.07) is 21.6. The minimum absolute atomic E-state index is 0.134. The van der Waals surface area contributed by atoms with Crippen molar-refractivity contribution in [2.45, 2.75) is 32.7 Å². The van der Waals surface area contributed by atoms with Gasteiger partial charge in [-0.3, -0.25) is 14.2 Å². The van der Waals surface area contributed by atoms with E-state index in [-0.39, 0.29) is 11.5 Å². The highest BCUT2D eigenvalue weighted by molar-refractivity contribution is 7.71. The molecular weight excluding hydrogens is 434 g/mol. The maximum atomic E-state index is 12.8. The van der Waals surface area contributed by atoms with Crippen molar-refractivity contribution in [2.24, 2.45) is 0 Å². The van der Waals surface area contributed by atoms with Gasteiger partial charge in [0.1, 0.15) is 11.5 Å². The van der Waals surface area contributed by atoms with Crippen molar-refractivity contribution >= 4 is 34.7 Å². The molecule has 2 N–H and O–H groups in total. The molecule has 4 aromatic rings. The number of hydrogen-bond acceptors (Lipinski definition) is 4. The van der Waals surface area contributed by atoms with Crippen molar-refractivity contribution in [2.75, 3.05) is 5.32 Å². The number of rotatable bonds is 8. The molecule has 0 unspecified atom stereocenters. The number of ether oxygens (including phenoxy) is 1. The van der Waals surface area contributed by atoms with Gasteiger partial charge in [0.15, 0.2) is 4.77 Å². The van der Waals surface area contributed by atoms with Crippen LogP contribution in [0.3, 0.4) is 0 Å². The van der Waals surface area contributed by atoms with E-state index in [1.165, 1.54) is 0 Å². The minimum Gasteiger partial charge on any atom is -0.457 e. The third-order valence-corrected chi connectivity index (χ3v) is 5.64. The fourth-order valence-corrected chi connectivity index (χ4v) is 3.84. The van der Waals surface area contributed by atoms with E-state index in [1.807, 2.05) is 30.3 Å². The zero-order valence-corrected chi connectivity index (χ0v) is 19.2. The summed E-state index contributed by atoms with van der Waals surface area (Å²) in [7, 11) is 0. The predicted octanol–water partition coefficient (Wildman–Crippen LogP) is 6.29. The summed E-state index contributed by atoms with van der Waals surface area (Å²) in [5.41, 5.74) is 1.49. The molecule has 0 saturated carbocycles. The second-order valence-corrected chi connectivity index (χ2v) is 8.13. The number of anilines is 1. The molecule has 0 saturated heterocycles. The summed E-state index contributed by atoms with van der Waals surface area (Å²) in [4.78, 5) is 28.7. The number of carbonyl (C=O) groups excluding carboxylic acids is 1. The van der Waals surface area contributed by atoms with Gasteiger partial charge in [-0.05, 0) is 73.2 Å². The molecule has 0 spiro atoms. The van der Waals surface area contributed by atoms with Crippen LogP contribution in [-0.4, -0.2) is 15.5 Å². The van der Waals surface area contributed by atoms with Crippen molar-refractivity contribution in [3.8, 4) is 11.5 Å². The fraction of sp³-hybridized carbons (Fsp3) is 0.192. The second kappa shape index (κ2) is 10.3. The van der Waals surface area contributed by atoms with E-state index in [0.29, 0.717) is 39.2 Å². The van der Waals surface area contributed by atoms with Gasteiger partial charge >= 0.3 is 0 Å². The minimum atomic E-state index is -0.278. The van der Waals surface area contributed by atoms with Crippen molar-refractivity contribution in [1.29, 1.82) is 0 Å². The monoisotopic (exact) mass is 459 g/mol. The van der Waals surface area contributed by atoms with Gasteiger partial charge in [-0.15, -0.1) is 0 Å². The zero-order valence-electron chi connectivity index (χ0n) is 18.3. The molecule has 1 heterocycles. The number of carbonyl (C=O) groups is 1. The molecule has 0 atom stereocenters. The lowest BCUT2D eigenvalue weighted by Gasteiger charge is -2.10. The molecule has 7 heteroatoms. The first kappa shape index (κ1) is 22.5. The number of amides is 1. The Bertz CT molecular complexity index is 1380. The maximum Gasteiger partial charge on any atom is 0.262 e. The van der Waals surface area contributed by atoms with Crippen LogP contribution >= 0.6 is 12.2 Å². The molecule has 33 heavy (non-hydrogen) atoms. The van der Waals surface area contributed by atoms with Crippen molar-refractivity contribution in [1.82, 2.24) is 9.55 Å². The molecule has 0 aliphatic rings. The van der Waals surface area contributed by atoms with Crippen molar-refractivity contribution < 1.29 is 9.53 Å². The Morgan fingerprint density at radius 2 is 1.73 bits per heavy atom. The van der Waals surface area contributed by atoms with Gasteiger partial charge in [-0.25, -0.2) is 0 Å². The zero-order chi connectivity index (χ0) is 23.2. The standard InChI is InChI=1S/C26H25N3O3S/c1-2-3-7-16-29-25(31)22-15-10-18(17-23(22)28-26(29)33)24(30)27-19-11-13-21(14-12-19)32-20-8-5-4-6-9-20/h4-6,8-15,17H,2-3,7,16H2,1H3,(H,27,30)(H,28,33). The Morgan fingerprint density at radius 1 is 1.00 bits per heavy atom. The quantitative estimate of drug-likeness (QED) is 0.240. The number of aromatic nitrogens is 2. The molecule has 3 aromatic carbocycles. The van der Waals surface area contributed by atoms with Crippen LogP contribution in [0, 0.1) is 4.77 Å². The highest BCUT2D eigenvalue weighted by Crippen LogP contribution is 2.23. The smallest absolute Gasteiger partial charge is 0.262 e. The number of H-pyrrole nitrogens is 1. The highest BCUT2D eigenvalue weighted by atomic mass is 32.1. The summed E-state index contributed by atoms with van der Waals surface area (Å²) in [5, 5.41) is 3.38. The third kappa shape index (κ3) is 5.38. The third-order valence-electron chi connectivity index (χ3n) is 5.32. The lowest BCUT2D eigenvalue weighted by atomic mass is 10.1. The van der Waals surface area contributed by atoms with Crippen LogP contribution in [0.5, 0.6) is 11.5 Å². The number of para-hydroxylation sites is 1. The summed E-state index contributed by atoms with van der Waals surface area (Å²) in [6.45, 7) is 2.70. The maximum absolute atomic E-state index is 12.8. The van der Waals surface area contributed by atoms with Crippen LogP contribution in [0.2, 0.25) is 0 Å². The molecule has 1 amide bonds. The first-order valence-electron chi connectivity index (χ1n) is 11.0. The molecule has 1 aromatic heterocycles. The van der Waals surface area contributed by atoms with Crippen LogP contribution in [0.4, 0.5) is 5.69 Å². The summed E-state index contributed by atoms with van der Waals surface area (Å²) in [6.07, 6.45) is 3.01. The molecule has 0 radical (unpaired) electrons. The number of aromatic amines is 1. The van der Waals surface area contributed by atoms with Gasteiger partial charge in [-0.1, -0.05) is 38.0 Å². The van der Waals surface area contributed by atoms with E-state index in [4.69, 9.17) is 17.0 Å². The number of unbranched alkanes of at least 4 members (excludes halogenated alkanes) is 2. The van der Waals surface area contributed by atoms with Crippen LogP contribution in [0.25, 0.3) is 10.9 Å². The fourth-order valence-electron chi connectivity index (χ4n) is 3.55. The Balaban J connectivity index is 1.49. The van der Waals surface area contributed by atoms with E-state index < -0.39 is 0 Å². The number of nitrogens with zero attached hydrogens (tertiary/aromatic N) is 1. The van der Waals surface area contributed by atoms with E-state index >= 15 is 0 Å². The number of hydrogen-bond donors (Lipinski definition) is 2. The van der Waals surface area contributed by atoms with E-state index in [0.717, 1.165) is 25.0 Å². The van der Waals surface area contributed by atoms with Gasteiger partial charge in [0, 0.05) is 17.8 Å². The first-order chi connectivity index (χ1) is 16.0. The van der Waals surface area contributed by atoms with E-state index in [9.17, 15) is 9.59 Å². The lowest BCUT2D eigenvalue weighted by Crippen LogP contribution is -2.22. The highest BCUT2D eigenvalue weighted by Gasteiger charge is 2.11. The average Bonchev–Trinajstić information content (AvgIpc) is 2.83. The lowest BCUT2D eigenvalue weighted by molar-refractivity contribution is 0.102. The molecule has 0 aliphatic carbocycles. The van der Waals surface area contributed by atoms with Gasteiger partial charge in [0.25, 0.3) is 11.5 Å². The van der Waals surface area contributed by atoms with Crippen LogP contribution in [0.15, 0.2) is 77.6 Å². The van der Waals surface area contributed by atoms with E-state index in [1.54, 1.807) is 47.0 Å². The first-order valence-corrected chi connectivity index (χ1v) is 11.4. The molecule has 6 nitrogen and oxygen atoms in total. The van der Waals surface area contributed by atoms with Crippen molar-refractivity contribution in [3.63, 3.8) is 0 Å². The Labute approximate surface area is 196 Å². The topological polar surface area (TPSA) is 76.1 Å². The largest absolute Gasteiger partial charge is 0.457 e. The van der Waals surface area contributed by atoms with Crippen LogP contribution < -0.4 is 15.6 Å². The van der Waals surface area contributed by atoms with Crippen LogP contribution in [-0.2, 0) is 6.54 Å². The molecule has 0 bridgehead atoms.